The molecule has 9 nitrogen and oxygen atoms in total. The number of anilines is 1. The van der Waals surface area contributed by atoms with Crippen LogP contribution in [0.15, 0.2) is 60.0 Å². The predicted octanol–water partition coefficient (Wildman–Crippen LogP) is 2.81. The van der Waals surface area contributed by atoms with E-state index in [1.807, 2.05) is 29.9 Å². The van der Waals surface area contributed by atoms with E-state index >= 15 is 0 Å². The normalized spacial score (nSPS) is 19.4. The molecule has 1 N–H and O–H groups in total. The molecule has 0 aromatic carbocycles. The van der Waals surface area contributed by atoms with Gasteiger partial charge in [-0.25, -0.2) is 15.0 Å². The van der Waals surface area contributed by atoms with Crippen LogP contribution in [0.5, 0.6) is 0 Å². The van der Waals surface area contributed by atoms with Gasteiger partial charge in [0.05, 0.1) is 18.2 Å². The molecule has 0 bridgehead atoms. The van der Waals surface area contributed by atoms with E-state index in [1.54, 1.807) is 37.2 Å². The fraction of sp³-hybridized carbons (Fsp3) is 0.318. The summed E-state index contributed by atoms with van der Waals surface area (Å²) in [4.78, 5) is 24.5. The molecule has 1 saturated heterocycles. The van der Waals surface area contributed by atoms with Gasteiger partial charge in [0.2, 0.25) is 5.95 Å². The molecule has 31 heavy (non-hydrogen) atoms. The minimum Gasteiger partial charge on any atom is -0.463 e. The van der Waals surface area contributed by atoms with E-state index in [2.05, 4.69) is 24.8 Å². The summed E-state index contributed by atoms with van der Waals surface area (Å²) in [5, 5.41) is 11.3. The topological polar surface area (TPSA) is 106 Å². The lowest BCUT2D eigenvalue weighted by molar-refractivity contribution is 0.0129. The van der Waals surface area contributed by atoms with Gasteiger partial charge in [-0.3, -0.25) is 9.97 Å². The molecule has 1 fully saturated rings. The van der Waals surface area contributed by atoms with Crippen molar-refractivity contribution in [3.05, 3.63) is 61.4 Å². The summed E-state index contributed by atoms with van der Waals surface area (Å²) in [5.74, 6) is 1.94. The smallest absolute Gasteiger partial charge is 0.226 e. The van der Waals surface area contributed by atoms with Crippen LogP contribution in [0.2, 0.25) is 0 Å². The Morgan fingerprint density at radius 2 is 2.00 bits per heavy atom. The molecule has 4 aromatic rings. The molecular weight excluding hydrogens is 394 g/mol. The molecule has 1 aliphatic rings. The molecule has 1 aliphatic heterocycles. The number of hydrogen-bond donors (Lipinski definition) is 1. The van der Waals surface area contributed by atoms with Crippen LogP contribution in [0, 0.1) is 0 Å². The van der Waals surface area contributed by atoms with E-state index in [9.17, 15) is 5.11 Å². The number of aromatic nitrogens is 6. The first-order valence-corrected chi connectivity index (χ1v) is 10.3. The predicted molar refractivity (Wildman–Crippen MR) is 114 cm³/mol. The second-order valence-electron chi connectivity index (χ2n) is 7.73. The van der Waals surface area contributed by atoms with Gasteiger partial charge >= 0.3 is 0 Å². The second-order valence-corrected chi connectivity index (χ2v) is 7.73. The van der Waals surface area contributed by atoms with Crippen molar-refractivity contribution in [1.82, 2.24) is 29.5 Å². The molecule has 1 atom stereocenters. The Hall–Kier alpha value is -3.59. The summed E-state index contributed by atoms with van der Waals surface area (Å²) in [6.45, 7) is 1.36. The summed E-state index contributed by atoms with van der Waals surface area (Å²) in [6.07, 6.45) is 13.9. The van der Waals surface area contributed by atoms with Crippen LogP contribution in [0.4, 0.5) is 5.95 Å². The molecule has 0 amide bonds. The highest BCUT2D eigenvalue weighted by atomic mass is 16.3. The Morgan fingerprint density at radius 1 is 1.06 bits per heavy atom. The molecule has 0 spiro atoms. The molecule has 5 rings (SSSR count). The van der Waals surface area contributed by atoms with Crippen molar-refractivity contribution in [2.45, 2.75) is 24.9 Å². The Kier molecular flexibility index (Phi) is 4.95. The fourth-order valence-corrected chi connectivity index (χ4v) is 4.11. The van der Waals surface area contributed by atoms with Crippen molar-refractivity contribution in [3.63, 3.8) is 0 Å². The summed E-state index contributed by atoms with van der Waals surface area (Å²) < 4.78 is 7.52. The molecule has 158 valence electrons. The summed E-state index contributed by atoms with van der Waals surface area (Å²) >= 11 is 0. The number of hydrogen-bond acceptors (Lipinski definition) is 8. The van der Waals surface area contributed by atoms with Crippen molar-refractivity contribution in [2.24, 2.45) is 7.05 Å². The van der Waals surface area contributed by atoms with Crippen LogP contribution in [0.1, 0.15) is 25.1 Å². The third-order valence-corrected chi connectivity index (χ3v) is 5.70. The lowest BCUT2D eigenvalue weighted by Gasteiger charge is -2.26. The van der Waals surface area contributed by atoms with Gasteiger partial charge in [-0.15, -0.1) is 0 Å². The number of furan rings is 1. The highest BCUT2D eigenvalue weighted by Gasteiger charge is 2.36. The van der Waals surface area contributed by atoms with E-state index in [0.29, 0.717) is 48.3 Å². The quantitative estimate of drug-likeness (QED) is 0.540. The van der Waals surface area contributed by atoms with Crippen LogP contribution in [-0.4, -0.2) is 47.7 Å². The Balaban J connectivity index is 1.47. The lowest BCUT2D eigenvalue weighted by Crippen LogP contribution is -2.32. The highest BCUT2D eigenvalue weighted by Crippen LogP contribution is 2.34. The molecule has 9 heteroatoms. The van der Waals surface area contributed by atoms with E-state index in [4.69, 9.17) is 9.40 Å². The zero-order valence-corrected chi connectivity index (χ0v) is 17.2. The van der Waals surface area contributed by atoms with Gasteiger partial charge in [-0.1, -0.05) is 0 Å². The zero-order valence-electron chi connectivity index (χ0n) is 17.2. The van der Waals surface area contributed by atoms with Crippen molar-refractivity contribution in [1.29, 1.82) is 0 Å². The molecule has 4 aromatic heterocycles. The number of rotatable bonds is 4. The second kappa shape index (κ2) is 7.92. The number of imidazole rings is 1. The minimum atomic E-state index is -0.962. The van der Waals surface area contributed by atoms with Gasteiger partial charge in [0.25, 0.3) is 0 Å². The Morgan fingerprint density at radius 3 is 2.74 bits per heavy atom. The molecule has 5 heterocycles. The van der Waals surface area contributed by atoms with E-state index in [0.717, 1.165) is 18.5 Å². The average molecular weight is 417 g/mol. The average Bonchev–Trinajstić information content (AvgIpc) is 3.45. The molecule has 0 unspecified atom stereocenters. The first kappa shape index (κ1) is 19.4. The van der Waals surface area contributed by atoms with Crippen LogP contribution < -0.4 is 4.90 Å². The summed E-state index contributed by atoms with van der Waals surface area (Å²) in [6, 6.07) is 3.70. The van der Waals surface area contributed by atoms with Crippen molar-refractivity contribution in [3.8, 4) is 22.7 Å². The van der Waals surface area contributed by atoms with Gasteiger partial charge in [0.1, 0.15) is 17.1 Å². The molecule has 0 aliphatic carbocycles. The van der Waals surface area contributed by atoms with E-state index in [1.165, 1.54) is 0 Å². The van der Waals surface area contributed by atoms with Crippen LogP contribution >= 0.6 is 0 Å². The summed E-state index contributed by atoms with van der Waals surface area (Å²) in [7, 11) is 1.91. The third-order valence-electron chi connectivity index (χ3n) is 5.70. The summed E-state index contributed by atoms with van der Waals surface area (Å²) in [5.41, 5.74) is 1.14. The van der Waals surface area contributed by atoms with Crippen molar-refractivity contribution >= 4 is 5.95 Å². The molecule has 0 radical (unpaired) electrons. The monoisotopic (exact) mass is 417 g/mol. The molecule has 0 saturated carbocycles. The number of nitrogens with zero attached hydrogens (tertiary/aromatic N) is 7. The largest absolute Gasteiger partial charge is 0.463 e. The lowest BCUT2D eigenvalue weighted by atomic mass is 9.94. The van der Waals surface area contributed by atoms with Crippen molar-refractivity contribution < 1.29 is 9.52 Å². The SMILES string of the molecule is Cn1ccnc1[C@]1(O)CCCN(c2ncc(-c3cnccn3)c(-c3ccco3)n2)CC1. The van der Waals surface area contributed by atoms with Crippen LogP contribution in [-0.2, 0) is 12.6 Å². The van der Waals surface area contributed by atoms with Crippen molar-refractivity contribution in [2.75, 3.05) is 18.0 Å². The van der Waals surface area contributed by atoms with Gasteiger partial charge in [-0.2, -0.15) is 0 Å². The number of aliphatic hydroxyl groups is 1. The van der Waals surface area contributed by atoms with Gasteiger partial charge in [-0.05, 0) is 25.0 Å². The fourth-order valence-electron chi connectivity index (χ4n) is 4.11. The van der Waals surface area contributed by atoms with Crippen LogP contribution in [0.25, 0.3) is 22.7 Å². The van der Waals surface area contributed by atoms with Crippen LogP contribution in [0.3, 0.4) is 0 Å². The maximum absolute atomic E-state index is 11.3. The maximum atomic E-state index is 11.3. The Bertz CT molecular complexity index is 1160. The van der Waals surface area contributed by atoms with Gasteiger partial charge < -0.3 is 19.0 Å². The number of aryl methyl sites for hydroxylation is 1. The van der Waals surface area contributed by atoms with E-state index < -0.39 is 5.60 Å². The van der Waals surface area contributed by atoms with Gasteiger partial charge in [0.15, 0.2) is 5.76 Å². The van der Waals surface area contributed by atoms with Gasteiger partial charge in [0, 0.05) is 63.1 Å². The minimum absolute atomic E-state index is 0.545. The first-order chi connectivity index (χ1) is 15.1. The third kappa shape index (κ3) is 3.68. The Labute approximate surface area is 179 Å². The standard InChI is InChI=1S/C22H23N7O2/c1-28-12-9-25-20(28)22(30)5-3-10-29(11-6-22)21-26-14-16(17-15-23-7-8-24-17)19(27-21)18-4-2-13-31-18/h2,4,7-9,12-15,30H,3,5-6,10-11H2,1H3/t22-/m0/s1. The zero-order chi connectivity index (χ0) is 21.3. The maximum Gasteiger partial charge on any atom is 0.226 e. The van der Waals surface area contributed by atoms with E-state index in [-0.39, 0.29) is 0 Å². The first-order valence-electron chi connectivity index (χ1n) is 10.3. The highest BCUT2D eigenvalue weighted by molar-refractivity contribution is 5.76. The molecular formula is C22H23N7O2.